The van der Waals surface area contributed by atoms with Crippen LogP contribution in [0.1, 0.15) is 33.5 Å². The normalized spacial score (nSPS) is 13.8. The first kappa shape index (κ1) is 29.4. The van der Waals surface area contributed by atoms with Gasteiger partial charge in [-0.1, -0.05) is 36.4 Å². The second-order valence-electron chi connectivity index (χ2n) is 9.86. The second kappa shape index (κ2) is 12.8. The summed E-state index contributed by atoms with van der Waals surface area (Å²) < 4.78 is 33.1. The lowest BCUT2D eigenvalue weighted by Crippen LogP contribution is -2.41. The maximum Gasteiger partial charge on any atom is 0.251 e. The number of fused-ring (bicyclic) bond motifs is 1. The monoisotopic (exact) mass is 606 g/mol. The smallest absolute Gasteiger partial charge is 0.251 e. The number of benzene rings is 3. The molecule has 0 spiro atoms. The van der Waals surface area contributed by atoms with Crippen molar-refractivity contribution in [2.45, 2.75) is 29.0 Å². The quantitative estimate of drug-likeness (QED) is 0.210. The van der Waals surface area contributed by atoms with Crippen molar-refractivity contribution in [3.05, 3.63) is 83.4 Å². The zero-order valence-electron chi connectivity index (χ0n) is 22.8. The summed E-state index contributed by atoms with van der Waals surface area (Å²) in [6.45, 7) is 0.505. The zero-order chi connectivity index (χ0) is 29.7. The molecule has 1 heterocycles. The number of carbonyl (C=O) groups is 3. The summed E-state index contributed by atoms with van der Waals surface area (Å²) in [4.78, 5) is 42.4. The average Bonchev–Trinajstić information content (AvgIpc) is 3.71. The summed E-state index contributed by atoms with van der Waals surface area (Å²) in [6.07, 6.45) is 1.79. The Morgan fingerprint density at radius 3 is 2.38 bits per heavy atom. The number of thiazole rings is 1. The summed E-state index contributed by atoms with van der Waals surface area (Å²) in [7, 11) is -2.62. The Hall–Kier alpha value is -4.13. The first-order valence-electron chi connectivity index (χ1n) is 13.4. The molecule has 1 aliphatic rings. The Balaban J connectivity index is 1.41. The van der Waals surface area contributed by atoms with E-state index in [-0.39, 0.29) is 34.3 Å². The molecule has 1 aliphatic carbocycles. The molecule has 1 atom stereocenters. The fraction of sp³-hybridized carbons (Fsp3) is 0.267. The maximum atomic E-state index is 13.7. The minimum absolute atomic E-state index is 0.0149. The molecule has 4 aromatic rings. The van der Waals surface area contributed by atoms with Crippen LogP contribution in [0.2, 0.25) is 0 Å². The van der Waals surface area contributed by atoms with E-state index in [1.54, 1.807) is 43.5 Å². The van der Waals surface area contributed by atoms with Crippen LogP contribution in [0.25, 0.3) is 21.3 Å². The third kappa shape index (κ3) is 6.84. The highest BCUT2D eigenvalue weighted by Gasteiger charge is 2.38. The number of nitrogens with one attached hydrogen (secondary N) is 3. The molecule has 1 aromatic heterocycles. The molecule has 3 aromatic carbocycles. The summed E-state index contributed by atoms with van der Waals surface area (Å²) in [5, 5.41) is 6.53. The van der Waals surface area contributed by atoms with Gasteiger partial charge in [-0.05, 0) is 60.4 Å². The number of ether oxygens (including phenoxy) is 1. The Morgan fingerprint density at radius 1 is 0.976 bits per heavy atom. The molecular weight excluding hydrogens is 576 g/mol. The average molecular weight is 607 g/mol. The van der Waals surface area contributed by atoms with Crippen molar-refractivity contribution in [1.29, 1.82) is 0 Å². The van der Waals surface area contributed by atoms with Gasteiger partial charge in [-0.2, -0.15) is 0 Å². The van der Waals surface area contributed by atoms with Gasteiger partial charge in [0, 0.05) is 25.3 Å². The molecular formula is C30H30N4O6S2. The van der Waals surface area contributed by atoms with Crippen molar-refractivity contribution in [1.82, 2.24) is 20.9 Å². The number of aromatic nitrogens is 1. The molecule has 218 valence electrons. The van der Waals surface area contributed by atoms with E-state index >= 15 is 0 Å². The van der Waals surface area contributed by atoms with Crippen LogP contribution in [0.15, 0.2) is 77.7 Å². The molecule has 0 radical (unpaired) electrons. The Bertz CT molecular complexity index is 1700. The van der Waals surface area contributed by atoms with Gasteiger partial charge < -0.3 is 20.7 Å². The van der Waals surface area contributed by atoms with Crippen LogP contribution in [0.3, 0.4) is 0 Å². The number of hydrogen-bond acceptors (Lipinski definition) is 8. The van der Waals surface area contributed by atoms with Crippen LogP contribution in [-0.4, -0.2) is 64.0 Å². The summed E-state index contributed by atoms with van der Waals surface area (Å²) in [5.74, 6) is -1.38. The summed E-state index contributed by atoms with van der Waals surface area (Å²) in [5.41, 5.74) is 2.75. The van der Waals surface area contributed by atoms with E-state index in [4.69, 9.17) is 4.74 Å². The van der Waals surface area contributed by atoms with Crippen molar-refractivity contribution in [2.75, 3.05) is 26.8 Å². The minimum atomic E-state index is -4.18. The van der Waals surface area contributed by atoms with Crippen LogP contribution < -0.4 is 16.0 Å². The highest BCUT2D eigenvalue weighted by molar-refractivity contribution is 7.92. The van der Waals surface area contributed by atoms with Crippen LogP contribution in [0.4, 0.5) is 0 Å². The van der Waals surface area contributed by atoms with E-state index < -0.39 is 21.0 Å². The van der Waals surface area contributed by atoms with Gasteiger partial charge in [0.15, 0.2) is 15.1 Å². The molecule has 1 unspecified atom stereocenters. The molecule has 3 amide bonds. The van der Waals surface area contributed by atoms with Crippen molar-refractivity contribution < 1.29 is 27.5 Å². The largest absolute Gasteiger partial charge is 0.383 e. The Kier molecular flexibility index (Phi) is 8.95. The number of amides is 3. The second-order valence-corrected chi connectivity index (χ2v) is 13.0. The summed E-state index contributed by atoms with van der Waals surface area (Å²) in [6, 6.07) is 20.5. The number of methoxy groups -OCH3 is 1. The van der Waals surface area contributed by atoms with Gasteiger partial charge in [0.05, 0.1) is 28.3 Å². The van der Waals surface area contributed by atoms with E-state index in [1.165, 1.54) is 12.1 Å². The summed E-state index contributed by atoms with van der Waals surface area (Å²) >= 11 is 1.11. The first-order valence-corrected chi connectivity index (χ1v) is 15.8. The number of nitrogens with zero attached hydrogens (tertiary/aromatic N) is 1. The molecule has 1 fully saturated rings. The van der Waals surface area contributed by atoms with E-state index in [2.05, 4.69) is 20.9 Å². The SMILES string of the molecule is COCCNC(=O)c1ccc(-c2ccc3nc(C(C(=O)NCC(=O)NC4CC4)S(=O)(=O)c4ccccc4)sc3c2)cc1. The number of hydrogen-bond donors (Lipinski definition) is 3. The third-order valence-electron chi connectivity index (χ3n) is 6.69. The lowest BCUT2D eigenvalue weighted by atomic mass is 10.0. The number of carbonyl (C=O) groups excluding carboxylic acids is 3. The van der Waals surface area contributed by atoms with Gasteiger partial charge >= 0.3 is 0 Å². The van der Waals surface area contributed by atoms with E-state index in [9.17, 15) is 22.8 Å². The molecule has 10 nitrogen and oxygen atoms in total. The van der Waals surface area contributed by atoms with Gasteiger partial charge in [-0.3, -0.25) is 14.4 Å². The Morgan fingerprint density at radius 2 is 1.69 bits per heavy atom. The molecule has 0 bridgehead atoms. The van der Waals surface area contributed by atoms with Crippen molar-refractivity contribution in [2.24, 2.45) is 0 Å². The van der Waals surface area contributed by atoms with E-state index in [0.717, 1.165) is 35.3 Å². The van der Waals surface area contributed by atoms with Gasteiger partial charge in [0.25, 0.3) is 5.91 Å². The molecule has 42 heavy (non-hydrogen) atoms. The molecule has 3 N–H and O–H groups in total. The first-order chi connectivity index (χ1) is 20.3. The van der Waals surface area contributed by atoms with Crippen LogP contribution in [0.5, 0.6) is 0 Å². The van der Waals surface area contributed by atoms with Gasteiger partial charge in [-0.25, -0.2) is 13.4 Å². The van der Waals surface area contributed by atoms with Crippen LogP contribution >= 0.6 is 11.3 Å². The fourth-order valence-electron chi connectivity index (χ4n) is 4.32. The van der Waals surface area contributed by atoms with Gasteiger partial charge in [0.1, 0.15) is 5.01 Å². The predicted molar refractivity (Wildman–Crippen MR) is 160 cm³/mol. The minimum Gasteiger partial charge on any atom is -0.383 e. The highest BCUT2D eigenvalue weighted by Crippen LogP contribution is 2.36. The molecule has 0 aliphatic heterocycles. The third-order valence-corrected chi connectivity index (χ3v) is 9.91. The predicted octanol–water partition coefficient (Wildman–Crippen LogP) is 3.25. The standard InChI is InChI=1S/C30H30N4O6S2/c1-40-16-15-31-28(36)20-9-7-19(8-10-20)21-11-14-24-25(17-21)41-30(34-24)27(42(38,39)23-5-3-2-4-6-23)29(37)32-18-26(35)33-22-12-13-22/h2-11,14,17,22,27H,12-13,15-16,18H2,1H3,(H,31,36)(H,32,37)(H,33,35). The van der Waals surface area contributed by atoms with Crippen molar-refractivity contribution >= 4 is 49.1 Å². The molecule has 0 saturated heterocycles. The number of rotatable bonds is 12. The topological polar surface area (TPSA) is 144 Å². The van der Waals surface area contributed by atoms with Gasteiger partial charge in [0.2, 0.25) is 11.8 Å². The number of sulfone groups is 1. The van der Waals surface area contributed by atoms with Crippen molar-refractivity contribution in [3.8, 4) is 11.1 Å². The molecule has 12 heteroatoms. The van der Waals surface area contributed by atoms with Gasteiger partial charge in [-0.15, -0.1) is 11.3 Å². The zero-order valence-corrected chi connectivity index (χ0v) is 24.5. The lowest BCUT2D eigenvalue weighted by molar-refractivity contribution is -0.126. The highest BCUT2D eigenvalue weighted by atomic mass is 32.2. The maximum absolute atomic E-state index is 13.7. The van der Waals surface area contributed by atoms with E-state index in [0.29, 0.717) is 28.9 Å². The lowest BCUT2D eigenvalue weighted by Gasteiger charge is -2.15. The van der Waals surface area contributed by atoms with E-state index in [1.807, 2.05) is 24.3 Å². The Labute approximate surface area is 247 Å². The van der Waals surface area contributed by atoms with Crippen LogP contribution in [-0.2, 0) is 24.2 Å². The van der Waals surface area contributed by atoms with Crippen LogP contribution in [0, 0.1) is 0 Å². The fourth-order valence-corrected chi connectivity index (χ4v) is 7.32. The molecule has 5 rings (SSSR count). The van der Waals surface area contributed by atoms with Crippen molar-refractivity contribution in [3.63, 3.8) is 0 Å². The molecule has 1 saturated carbocycles.